The van der Waals surface area contributed by atoms with E-state index in [0.29, 0.717) is 11.6 Å². The van der Waals surface area contributed by atoms with Crippen molar-refractivity contribution in [2.75, 3.05) is 5.32 Å². The number of thiazole rings is 1. The van der Waals surface area contributed by atoms with E-state index >= 15 is 0 Å². The van der Waals surface area contributed by atoms with Crippen molar-refractivity contribution in [3.05, 3.63) is 46.6 Å². The first-order valence-electron chi connectivity index (χ1n) is 11.2. The maximum Gasteiger partial charge on any atom is 0.249 e. The number of hydrogen-bond donors (Lipinski definition) is 3. The highest BCUT2D eigenvalue weighted by Gasteiger charge is 2.25. The minimum atomic E-state index is -0.666. The number of carbonyl (C=O) groups excluding carboxylic acids is 2. The van der Waals surface area contributed by atoms with E-state index in [9.17, 15) is 9.59 Å². The summed E-state index contributed by atoms with van der Waals surface area (Å²) in [6, 6.07) is 7.32. The van der Waals surface area contributed by atoms with Crippen molar-refractivity contribution < 1.29 is 9.59 Å². The van der Waals surface area contributed by atoms with Gasteiger partial charge in [-0.3, -0.25) is 9.59 Å². The van der Waals surface area contributed by atoms with Crippen molar-refractivity contribution in [2.45, 2.75) is 64.8 Å². The number of fused-ring (bicyclic) bond motifs is 2. The number of nitrogens with zero attached hydrogens (tertiary/aromatic N) is 1. The molecular weight excluding hydrogens is 408 g/mol. The molecule has 1 atom stereocenters. The van der Waals surface area contributed by atoms with Crippen LogP contribution in [0.2, 0.25) is 0 Å². The highest BCUT2D eigenvalue weighted by atomic mass is 32.1. The van der Waals surface area contributed by atoms with Crippen LogP contribution in [0.4, 0.5) is 5.13 Å². The maximum atomic E-state index is 13.2. The zero-order chi connectivity index (χ0) is 21.8. The Bertz CT molecular complexity index is 1040. The minimum absolute atomic E-state index is 0.133. The molecule has 7 heteroatoms. The van der Waals surface area contributed by atoms with Gasteiger partial charge in [0.15, 0.2) is 5.13 Å². The summed E-state index contributed by atoms with van der Waals surface area (Å²) in [6.45, 7) is 3.66. The zero-order valence-corrected chi connectivity index (χ0v) is 19.0. The van der Waals surface area contributed by atoms with E-state index in [1.807, 2.05) is 44.3 Å². The molecule has 2 heterocycles. The third kappa shape index (κ3) is 5.15. The number of carbonyl (C=O) groups is 2. The van der Waals surface area contributed by atoms with Crippen molar-refractivity contribution in [2.24, 2.45) is 5.92 Å². The Kier molecular flexibility index (Phi) is 6.70. The molecule has 1 aliphatic carbocycles. The fourth-order valence-corrected chi connectivity index (χ4v) is 5.07. The molecule has 31 heavy (non-hydrogen) atoms. The molecule has 6 nitrogen and oxygen atoms in total. The lowest BCUT2D eigenvalue weighted by atomic mass is 10.0. The normalized spacial score (nSPS) is 15.2. The van der Waals surface area contributed by atoms with E-state index in [-0.39, 0.29) is 17.7 Å². The average molecular weight is 439 g/mol. The van der Waals surface area contributed by atoms with Gasteiger partial charge in [0.25, 0.3) is 0 Å². The molecule has 3 N–H and O–H groups in total. The van der Waals surface area contributed by atoms with Crippen LogP contribution >= 0.6 is 11.3 Å². The minimum Gasteiger partial charge on any atom is -0.361 e. The van der Waals surface area contributed by atoms with Crippen molar-refractivity contribution >= 4 is 39.2 Å². The number of hydrogen-bond acceptors (Lipinski definition) is 4. The van der Waals surface area contributed by atoms with Gasteiger partial charge in [-0.25, -0.2) is 4.98 Å². The van der Waals surface area contributed by atoms with Gasteiger partial charge >= 0.3 is 0 Å². The fourth-order valence-electron chi connectivity index (χ4n) is 4.02. The molecule has 0 saturated heterocycles. The number of aromatic nitrogens is 2. The molecule has 164 valence electrons. The van der Waals surface area contributed by atoms with Gasteiger partial charge in [-0.1, -0.05) is 44.9 Å². The Labute approximate surface area is 186 Å². The standard InChI is InChI=1S/C24H30N4O2S/c1-15(2)22(29)26-20(13-16-14-25-18-10-8-7-9-17(16)18)23(30)28-24-27-19-11-5-3-4-6-12-21(19)31-24/h7-10,14-15,20,25H,3-6,11-13H2,1-2H3,(H,26,29)(H,27,28,30). The van der Waals surface area contributed by atoms with Crippen LogP contribution in [0.25, 0.3) is 10.9 Å². The lowest BCUT2D eigenvalue weighted by Crippen LogP contribution is -2.46. The van der Waals surface area contributed by atoms with Gasteiger partial charge in [-0.2, -0.15) is 0 Å². The number of amides is 2. The molecule has 1 aromatic carbocycles. The summed E-state index contributed by atoms with van der Waals surface area (Å²) in [5.41, 5.74) is 3.15. The summed E-state index contributed by atoms with van der Waals surface area (Å²) in [4.78, 5) is 34.9. The number of nitrogens with one attached hydrogen (secondary N) is 3. The quantitative estimate of drug-likeness (QED) is 0.525. The molecule has 0 aliphatic heterocycles. The Morgan fingerprint density at radius 2 is 1.87 bits per heavy atom. The number of aryl methyl sites for hydroxylation is 2. The lowest BCUT2D eigenvalue weighted by molar-refractivity contribution is -0.128. The zero-order valence-electron chi connectivity index (χ0n) is 18.2. The molecular formula is C24H30N4O2S. The van der Waals surface area contributed by atoms with Crippen molar-refractivity contribution in [1.29, 1.82) is 0 Å². The number of aromatic amines is 1. The molecule has 0 saturated carbocycles. The molecule has 4 rings (SSSR count). The van der Waals surface area contributed by atoms with Crippen LogP contribution in [0.15, 0.2) is 30.5 Å². The first kappa shape index (κ1) is 21.6. The monoisotopic (exact) mass is 438 g/mol. The first-order chi connectivity index (χ1) is 15.0. The Hall–Kier alpha value is -2.67. The topological polar surface area (TPSA) is 86.9 Å². The maximum absolute atomic E-state index is 13.2. The first-order valence-corrected chi connectivity index (χ1v) is 12.0. The Balaban J connectivity index is 1.54. The van der Waals surface area contributed by atoms with Crippen LogP contribution in [0.1, 0.15) is 55.7 Å². The van der Waals surface area contributed by atoms with E-state index < -0.39 is 6.04 Å². The van der Waals surface area contributed by atoms with Gasteiger partial charge in [0.1, 0.15) is 6.04 Å². The number of anilines is 1. The highest BCUT2D eigenvalue weighted by Crippen LogP contribution is 2.29. The SMILES string of the molecule is CC(C)C(=O)NC(Cc1c[nH]c2ccccc12)C(=O)Nc1nc2c(s1)CCCCCC2. The average Bonchev–Trinajstić information content (AvgIpc) is 3.31. The number of benzene rings is 1. The molecule has 0 spiro atoms. The third-order valence-corrected chi connectivity index (χ3v) is 6.90. The molecule has 0 fully saturated rings. The van der Waals surface area contributed by atoms with Gasteiger partial charge in [0.2, 0.25) is 11.8 Å². The summed E-state index contributed by atoms with van der Waals surface area (Å²) in [6.07, 6.45) is 9.17. The van der Waals surface area contributed by atoms with E-state index in [1.54, 1.807) is 11.3 Å². The van der Waals surface area contributed by atoms with Gasteiger partial charge in [-0.05, 0) is 37.3 Å². The van der Waals surface area contributed by atoms with Gasteiger partial charge in [0, 0.05) is 34.3 Å². The molecule has 1 unspecified atom stereocenters. The van der Waals surface area contributed by atoms with E-state index in [2.05, 4.69) is 15.6 Å². The molecule has 0 radical (unpaired) electrons. The Morgan fingerprint density at radius 3 is 2.68 bits per heavy atom. The second-order valence-corrected chi connectivity index (χ2v) is 9.66. The van der Waals surface area contributed by atoms with Crippen molar-refractivity contribution in [1.82, 2.24) is 15.3 Å². The molecule has 0 bridgehead atoms. The summed E-state index contributed by atoms with van der Waals surface area (Å²) in [5, 5.41) is 7.63. The smallest absolute Gasteiger partial charge is 0.249 e. The van der Waals surface area contributed by atoms with Crippen LogP contribution in [-0.4, -0.2) is 27.8 Å². The second-order valence-electron chi connectivity index (χ2n) is 8.57. The van der Waals surface area contributed by atoms with Crippen LogP contribution in [-0.2, 0) is 28.9 Å². The van der Waals surface area contributed by atoms with Crippen LogP contribution in [0.5, 0.6) is 0 Å². The van der Waals surface area contributed by atoms with Crippen LogP contribution in [0, 0.1) is 5.92 Å². The van der Waals surface area contributed by atoms with Crippen LogP contribution < -0.4 is 10.6 Å². The summed E-state index contributed by atoms with van der Waals surface area (Å²) in [5.74, 6) is -0.551. The second kappa shape index (κ2) is 9.64. The van der Waals surface area contributed by atoms with Gasteiger partial charge in [0.05, 0.1) is 5.69 Å². The van der Waals surface area contributed by atoms with Crippen molar-refractivity contribution in [3.63, 3.8) is 0 Å². The summed E-state index contributed by atoms with van der Waals surface area (Å²) >= 11 is 1.58. The molecule has 3 aromatic rings. The van der Waals surface area contributed by atoms with Crippen LogP contribution in [0.3, 0.4) is 0 Å². The summed E-state index contributed by atoms with van der Waals surface area (Å²) < 4.78 is 0. The fraction of sp³-hybridized carbons (Fsp3) is 0.458. The lowest BCUT2D eigenvalue weighted by Gasteiger charge is -2.19. The highest BCUT2D eigenvalue weighted by molar-refractivity contribution is 7.15. The van der Waals surface area contributed by atoms with Crippen molar-refractivity contribution in [3.8, 4) is 0 Å². The predicted molar refractivity (Wildman–Crippen MR) is 125 cm³/mol. The Morgan fingerprint density at radius 1 is 1.10 bits per heavy atom. The summed E-state index contributed by atoms with van der Waals surface area (Å²) in [7, 11) is 0. The largest absolute Gasteiger partial charge is 0.361 e. The number of rotatable bonds is 6. The third-order valence-electron chi connectivity index (χ3n) is 5.83. The number of H-pyrrole nitrogens is 1. The van der Waals surface area contributed by atoms with E-state index in [1.165, 1.54) is 24.1 Å². The van der Waals surface area contributed by atoms with E-state index in [4.69, 9.17) is 4.98 Å². The van der Waals surface area contributed by atoms with Gasteiger partial charge in [-0.15, -0.1) is 11.3 Å². The number of para-hydroxylation sites is 1. The molecule has 2 amide bonds. The molecule has 1 aliphatic rings. The van der Waals surface area contributed by atoms with E-state index in [0.717, 1.165) is 41.4 Å². The van der Waals surface area contributed by atoms with Gasteiger partial charge < -0.3 is 15.6 Å². The predicted octanol–water partition coefficient (Wildman–Crippen LogP) is 4.61. The molecule has 2 aromatic heterocycles.